The molecule has 1 saturated heterocycles. The van der Waals surface area contributed by atoms with Gasteiger partial charge in [-0.15, -0.1) is 0 Å². The van der Waals surface area contributed by atoms with Crippen molar-refractivity contribution in [3.63, 3.8) is 0 Å². The Morgan fingerprint density at radius 3 is 2.16 bits per heavy atom. The lowest BCUT2D eigenvalue weighted by atomic mass is 10.1. The predicted molar refractivity (Wildman–Crippen MR) is 123 cm³/mol. The molecule has 1 heterocycles. The Morgan fingerprint density at radius 2 is 1.58 bits per heavy atom. The molecule has 1 fully saturated rings. The van der Waals surface area contributed by atoms with E-state index in [0.717, 1.165) is 43.2 Å². The molecule has 166 valence electrons. The number of anilines is 1. The van der Waals surface area contributed by atoms with Crippen molar-refractivity contribution >= 4 is 17.5 Å². The van der Waals surface area contributed by atoms with Crippen molar-refractivity contribution in [2.24, 2.45) is 0 Å². The highest BCUT2D eigenvalue weighted by atomic mass is 16.5. The normalized spacial score (nSPS) is 14.2. The number of carbonyl (C=O) groups excluding carboxylic acids is 2. The standard InChI is InChI=1S/C24H32N4O3/c1-4-26(2)21-9-5-20(6-10-21)24(30)28-17-15-27(16-18-28)14-13-25-23(29)19-7-11-22(31-3)12-8-19/h5-12H,4,13-18H2,1-3H3,(H,25,29). The van der Waals surface area contributed by atoms with Gasteiger partial charge in [0.2, 0.25) is 0 Å². The third-order valence-corrected chi connectivity index (χ3v) is 5.75. The largest absolute Gasteiger partial charge is 0.497 e. The maximum absolute atomic E-state index is 12.8. The highest BCUT2D eigenvalue weighted by Crippen LogP contribution is 2.16. The number of ether oxygens (including phenoxy) is 1. The Morgan fingerprint density at radius 1 is 0.968 bits per heavy atom. The minimum absolute atomic E-state index is 0.0816. The Kier molecular flexibility index (Phi) is 7.89. The molecule has 0 spiro atoms. The van der Waals surface area contributed by atoms with Gasteiger partial charge in [0, 0.05) is 69.7 Å². The number of benzene rings is 2. The van der Waals surface area contributed by atoms with E-state index in [4.69, 9.17) is 4.74 Å². The number of nitrogens with zero attached hydrogens (tertiary/aromatic N) is 3. The van der Waals surface area contributed by atoms with Gasteiger partial charge in [-0.1, -0.05) is 0 Å². The lowest BCUT2D eigenvalue weighted by molar-refractivity contribution is 0.0638. The van der Waals surface area contributed by atoms with E-state index in [1.54, 1.807) is 31.4 Å². The number of carbonyl (C=O) groups is 2. The lowest BCUT2D eigenvalue weighted by Crippen LogP contribution is -2.50. The second-order valence-corrected chi connectivity index (χ2v) is 7.68. The van der Waals surface area contributed by atoms with Crippen molar-refractivity contribution in [2.45, 2.75) is 6.92 Å². The summed E-state index contributed by atoms with van der Waals surface area (Å²) in [6.45, 7) is 7.37. The van der Waals surface area contributed by atoms with Crippen LogP contribution in [0, 0.1) is 0 Å². The first-order valence-electron chi connectivity index (χ1n) is 10.8. The minimum Gasteiger partial charge on any atom is -0.497 e. The van der Waals surface area contributed by atoms with E-state index in [9.17, 15) is 9.59 Å². The fourth-order valence-corrected chi connectivity index (χ4v) is 3.57. The van der Waals surface area contributed by atoms with E-state index in [-0.39, 0.29) is 11.8 Å². The van der Waals surface area contributed by atoms with E-state index >= 15 is 0 Å². The highest BCUT2D eigenvalue weighted by molar-refractivity contribution is 5.95. The van der Waals surface area contributed by atoms with Gasteiger partial charge in [0.25, 0.3) is 11.8 Å². The van der Waals surface area contributed by atoms with Gasteiger partial charge >= 0.3 is 0 Å². The maximum Gasteiger partial charge on any atom is 0.253 e. The van der Waals surface area contributed by atoms with Gasteiger partial charge in [-0.05, 0) is 55.5 Å². The average molecular weight is 425 g/mol. The third-order valence-electron chi connectivity index (χ3n) is 5.75. The number of piperazine rings is 1. The summed E-state index contributed by atoms with van der Waals surface area (Å²) in [6.07, 6.45) is 0. The minimum atomic E-state index is -0.0892. The molecule has 2 amide bonds. The molecule has 1 aliphatic heterocycles. The fourth-order valence-electron chi connectivity index (χ4n) is 3.57. The third kappa shape index (κ3) is 5.98. The lowest BCUT2D eigenvalue weighted by Gasteiger charge is -2.34. The van der Waals surface area contributed by atoms with Gasteiger partial charge in [0.15, 0.2) is 0 Å². The van der Waals surface area contributed by atoms with Crippen LogP contribution in [0.3, 0.4) is 0 Å². The van der Waals surface area contributed by atoms with Gasteiger partial charge in [0.05, 0.1) is 7.11 Å². The van der Waals surface area contributed by atoms with Gasteiger partial charge in [-0.3, -0.25) is 14.5 Å². The van der Waals surface area contributed by atoms with E-state index < -0.39 is 0 Å². The number of hydrogen-bond acceptors (Lipinski definition) is 5. The molecular formula is C24H32N4O3. The van der Waals surface area contributed by atoms with E-state index in [0.29, 0.717) is 25.2 Å². The molecule has 3 rings (SSSR count). The summed E-state index contributed by atoms with van der Waals surface area (Å²) >= 11 is 0. The second kappa shape index (κ2) is 10.8. The van der Waals surface area contributed by atoms with Gasteiger partial charge in [-0.25, -0.2) is 0 Å². The van der Waals surface area contributed by atoms with Gasteiger partial charge < -0.3 is 19.9 Å². The van der Waals surface area contributed by atoms with Gasteiger partial charge in [0.1, 0.15) is 5.75 Å². The monoisotopic (exact) mass is 424 g/mol. The molecule has 0 saturated carbocycles. The predicted octanol–water partition coefficient (Wildman–Crippen LogP) is 2.34. The Balaban J connectivity index is 1.41. The second-order valence-electron chi connectivity index (χ2n) is 7.68. The molecule has 0 aliphatic carbocycles. The van der Waals surface area contributed by atoms with Crippen LogP contribution in [-0.2, 0) is 0 Å². The van der Waals surface area contributed by atoms with Crippen molar-refractivity contribution in [2.75, 3.05) is 64.9 Å². The van der Waals surface area contributed by atoms with Crippen molar-refractivity contribution in [1.82, 2.24) is 15.1 Å². The molecule has 0 atom stereocenters. The smallest absolute Gasteiger partial charge is 0.253 e. The quantitative estimate of drug-likeness (QED) is 0.705. The summed E-state index contributed by atoms with van der Waals surface area (Å²) < 4.78 is 5.11. The van der Waals surface area contributed by atoms with Gasteiger partial charge in [-0.2, -0.15) is 0 Å². The van der Waals surface area contributed by atoms with E-state index in [1.165, 1.54) is 0 Å². The molecule has 0 unspecified atom stereocenters. The molecular weight excluding hydrogens is 392 g/mol. The van der Waals surface area contributed by atoms with Crippen LogP contribution in [0.2, 0.25) is 0 Å². The van der Waals surface area contributed by atoms with Crippen molar-refractivity contribution < 1.29 is 14.3 Å². The molecule has 0 radical (unpaired) electrons. The Labute approximate surface area is 184 Å². The van der Waals surface area contributed by atoms with Crippen LogP contribution >= 0.6 is 0 Å². The molecule has 7 heteroatoms. The molecule has 1 N–H and O–H groups in total. The first-order chi connectivity index (χ1) is 15.0. The Bertz CT molecular complexity index is 859. The summed E-state index contributed by atoms with van der Waals surface area (Å²) in [6, 6.07) is 14.9. The average Bonchev–Trinajstić information content (AvgIpc) is 2.83. The zero-order valence-corrected chi connectivity index (χ0v) is 18.6. The molecule has 2 aromatic carbocycles. The van der Waals surface area contributed by atoms with E-state index in [1.807, 2.05) is 36.2 Å². The topological polar surface area (TPSA) is 65.1 Å². The number of nitrogens with one attached hydrogen (secondary N) is 1. The van der Waals surface area contributed by atoms with Crippen LogP contribution in [0.4, 0.5) is 5.69 Å². The van der Waals surface area contributed by atoms with Crippen molar-refractivity contribution in [3.8, 4) is 5.75 Å². The zero-order valence-electron chi connectivity index (χ0n) is 18.6. The molecule has 31 heavy (non-hydrogen) atoms. The molecule has 2 aromatic rings. The highest BCUT2D eigenvalue weighted by Gasteiger charge is 2.22. The van der Waals surface area contributed by atoms with Crippen LogP contribution in [0.15, 0.2) is 48.5 Å². The summed E-state index contributed by atoms with van der Waals surface area (Å²) in [5, 5.41) is 2.96. The number of hydrogen-bond donors (Lipinski definition) is 1. The SMILES string of the molecule is CCN(C)c1ccc(C(=O)N2CCN(CCNC(=O)c3ccc(OC)cc3)CC2)cc1. The molecule has 0 aromatic heterocycles. The molecule has 1 aliphatic rings. The molecule has 7 nitrogen and oxygen atoms in total. The number of rotatable bonds is 8. The summed E-state index contributed by atoms with van der Waals surface area (Å²) in [5.41, 5.74) is 2.46. The Hall–Kier alpha value is -3.06. The maximum atomic E-state index is 12.8. The fraction of sp³-hybridized carbons (Fsp3) is 0.417. The van der Waals surface area contributed by atoms with Crippen LogP contribution in [-0.4, -0.2) is 81.6 Å². The summed E-state index contributed by atoms with van der Waals surface area (Å²) in [4.78, 5) is 31.4. The van der Waals surface area contributed by atoms with E-state index in [2.05, 4.69) is 22.0 Å². The van der Waals surface area contributed by atoms with Crippen LogP contribution in [0.5, 0.6) is 5.75 Å². The van der Waals surface area contributed by atoms with Crippen LogP contribution in [0.25, 0.3) is 0 Å². The van der Waals surface area contributed by atoms with Crippen LogP contribution in [0.1, 0.15) is 27.6 Å². The number of amides is 2. The molecule has 0 bridgehead atoms. The van der Waals surface area contributed by atoms with Crippen molar-refractivity contribution in [1.29, 1.82) is 0 Å². The van der Waals surface area contributed by atoms with Crippen molar-refractivity contribution in [3.05, 3.63) is 59.7 Å². The van der Waals surface area contributed by atoms with Crippen LogP contribution < -0.4 is 15.0 Å². The summed E-state index contributed by atoms with van der Waals surface area (Å²) in [5.74, 6) is 0.722. The summed E-state index contributed by atoms with van der Waals surface area (Å²) in [7, 11) is 3.64. The first-order valence-corrected chi connectivity index (χ1v) is 10.8. The number of methoxy groups -OCH3 is 1. The first kappa shape index (κ1) is 22.6. The zero-order chi connectivity index (χ0) is 22.2.